The van der Waals surface area contributed by atoms with Crippen molar-refractivity contribution in [2.45, 2.75) is 12.1 Å². The van der Waals surface area contributed by atoms with E-state index in [1.807, 2.05) is 91.0 Å². The molecule has 0 bridgehead atoms. The second kappa shape index (κ2) is 9.67. The van der Waals surface area contributed by atoms with Crippen LogP contribution in [0.1, 0.15) is 40.0 Å². The van der Waals surface area contributed by atoms with E-state index >= 15 is 0 Å². The van der Waals surface area contributed by atoms with Gasteiger partial charge in [0.05, 0.1) is 17.3 Å². The maximum atomic E-state index is 11.4. The summed E-state index contributed by atoms with van der Waals surface area (Å²) in [4.78, 5) is 5.11. The highest BCUT2D eigenvalue weighted by Gasteiger charge is 2.23. The van der Waals surface area contributed by atoms with Gasteiger partial charge in [0.2, 0.25) is 0 Å². The Morgan fingerprint density at radius 2 is 1.13 bits per heavy atom. The van der Waals surface area contributed by atoms with Gasteiger partial charge in [-0.1, -0.05) is 103 Å². The first-order chi connectivity index (χ1) is 15.3. The third kappa shape index (κ3) is 4.78. The Morgan fingerprint density at radius 3 is 1.61 bits per heavy atom. The van der Waals surface area contributed by atoms with Crippen molar-refractivity contribution in [2.24, 2.45) is 4.99 Å². The largest absolute Gasteiger partial charge is 0.386 e. The standard InChI is InChI=1S/C28H22N2O/c29-20-21-16-18-25(19-17-21)28(31)27(24-14-8-3-9-15-24)30-26(22-10-4-1-5-11-22)23-12-6-2-7-13-23/h1-19,27-28,31H. The SMILES string of the molecule is N#Cc1ccc(C(O)C(N=C(c2ccccc2)c2ccccc2)c2ccccc2)cc1. The Kier molecular flexibility index (Phi) is 6.32. The number of aliphatic imine (C=N–C) groups is 1. The molecule has 3 heteroatoms. The molecule has 0 aliphatic rings. The predicted molar refractivity (Wildman–Crippen MR) is 124 cm³/mol. The van der Waals surface area contributed by atoms with Crippen molar-refractivity contribution in [3.8, 4) is 6.07 Å². The second-order valence-electron chi connectivity index (χ2n) is 7.24. The molecule has 0 radical (unpaired) electrons. The molecule has 2 atom stereocenters. The van der Waals surface area contributed by atoms with Crippen LogP contribution in [0, 0.1) is 11.3 Å². The lowest BCUT2D eigenvalue weighted by Gasteiger charge is -2.22. The van der Waals surface area contributed by atoms with Crippen LogP contribution < -0.4 is 0 Å². The van der Waals surface area contributed by atoms with Gasteiger partial charge in [-0.3, -0.25) is 4.99 Å². The van der Waals surface area contributed by atoms with Gasteiger partial charge in [-0.2, -0.15) is 5.26 Å². The summed E-state index contributed by atoms with van der Waals surface area (Å²) in [6.07, 6.45) is -0.863. The average Bonchev–Trinajstić information content (AvgIpc) is 2.86. The summed E-state index contributed by atoms with van der Waals surface area (Å²) in [5.41, 5.74) is 5.00. The lowest BCUT2D eigenvalue weighted by molar-refractivity contribution is 0.148. The fraction of sp³-hybridized carbons (Fsp3) is 0.0714. The number of benzene rings is 4. The molecule has 0 aromatic heterocycles. The highest BCUT2D eigenvalue weighted by molar-refractivity contribution is 6.13. The van der Waals surface area contributed by atoms with Crippen LogP contribution >= 0.6 is 0 Å². The van der Waals surface area contributed by atoms with Crippen molar-refractivity contribution in [1.82, 2.24) is 0 Å². The number of hydrogen-bond donors (Lipinski definition) is 1. The molecule has 0 amide bonds. The van der Waals surface area contributed by atoms with E-state index in [9.17, 15) is 5.11 Å². The number of aliphatic hydroxyl groups excluding tert-OH is 1. The lowest BCUT2D eigenvalue weighted by atomic mass is 9.94. The minimum absolute atomic E-state index is 0.510. The van der Waals surface area contributed by atoms with Gasteiger partial charge in [0.15, 0.2) is 0 Å². The van der Waals surface area contributed by atoms with Gasteiger partial charge in [0, 0.05) is 11.1 Å². The molecule has 0 aliphatic heterocycles. The normalized spacial score (nSPS) is 12.4. The molecule has 4 aromatic rings. The maximum Gasteiger partial charge on any atom is 0.106 e. The first-order valence-corrected chi connectivity index (χ1v) is 10.2. The smallest absolute Gasteiger partial charge is 0.106 e. The van der Waals surface area contributed by atoms with E-state index in [2.05, 4.69) is 6.07 Å². The molecule has 0 aliphatic carbocycles. The topological polar surface area (TPSA) is 56.4 Å². The van der Waals surface area contributed by atoms with Gasteiger partial charge in [-0.25, -0.2) is 0 Å². The number of nitriles is 1. The molecular formula is C28H22N2O. The molecule has 150 valence electrons. The number of hydrogen-bond acceptors (Lipinski definition) is 3. The molecule has 31 heavy (non-hydrogen) atoms. The van der Waals surface area contributed by atoms with E-state index in [-0.39, 0.29) is 0 Å². The van der Waals surface area contributed by atoms with E-state index in [1.165, 1.54) is 0 Å². The van der Waals surface area contributed by atoms with E-state index in [1.54, 1.807) is 24.3 Å². The quantitative estimate of drug-likeness (QED) is 0.410. The minimum Gasteiger partial charge on any atom is -0.386 e. The molecule has 4 aromatic carbocycles. The average molecular weight is 402 g/mol. The van der Waals surface area contributed by atoms with Crippen LogP contribution in [0.5, 0.6) is 0 Å². The Labute approximate surface area is 182 Å². The fourth-order valence-corrected chi connectivity index (χ4v) is 3.56. The molecule has 4 rings (SSSR count). The molecule has 3 nitrogen and oxygen atoms in total. The lowest BCUT2D eigenvalue weighted by Crippen LogP contribution is -2.13. The summed E-state index contributed by atoms with van der Waals surface area (Å²) in [5.74, 6) is 0. The molecule has 0 saturated heterocycles. The highest BCUT2D eigenvalue weighted by Crippen LogP contribution is 2.33. The van der Waals surface area contributed by atoms with Crippen molar-refractivity contribution in [2.75, 3.05) is 0 Å². The summed E-state index contributed by atoms with van der Waals surface area (Å²) in [7, 11) is 0. The zero-order chi connectivity index (χ0) is 21.5. The fourth-order valence-electron chi connectivity index (χ4n) is 3.56. The van der Waals surface area contributed by atoms with Crippen LogP contribution in [0.4, 0.5) is 0 Å². The highest BCUT2D eigenvalue weighted by atomic mass is 16.3. The third-order valence-corrected chi connectivity index (χ3v) is 5.18. The molecule has 1 N–H and O–H groups in total. The first-order valence-electron chi connectivity index (χ1n) is 10.2. The van der Waals surface area contributed by atoms with E-state index in [0.29, 0.717) is 5.56 Å². The summed E-state index contributed by atoms with van der Waals surface area (Å²) in [6, 6.07) is 38.5. The van der Waals surface area contributed by atoms with Crippen LogP contribution in [-0.2, 0) is 0 Å². The van der Waals surface area contributed by atoms with Gasteiger partial charge >= 0.3 is 0 Å². The van der Waals surface area contributed by atoms with Gasteiger partial charge in [0.1, 0.15) is 12.1 Å². The molecular weight excluding hydrogens is 380 g/mol. The van der Waals surface area contributed by atoms with E-state index in [0.717, 1.165) is 28.0 Å². The summed E-state index contributed by atoms with van der Waals surface area (Å²) >= 11 is 0. The minimum atomic E-state index is -0.863. The maximum absolute atomic E-state index is 11.4. The molecule has 0 spiro atoms. The third-order valence-electron chi connectivity index (χ3n) is 5.18. The van der Waals surface area contributed by atoms with Crippen LogP contribution in [-0.4, -0.2) is 10.8 Å². The van der Waals surface area contributed by atoms with Crippen LogP contribution in [0.15, 0.2) is 120 Å². The van der Waals surface area contributed by atoms with Crippen molar-refractivity contribution in [3.05, 3.63) is 143 Å². The van der Waals surface area contributed by atoms with Gasteiger partial charge in [0.25, 0.3) is 0 Å². The molecule has 0 fully saturated rings. The number of rotatable bonds is 6. The molecule has 2 unspecified atom stereocenters. The zero-order valence-corrected chi connectivity index (χ0v) is 17.0. The van der Waals surface area contributed by atoms with Crippen molar-refractivity contribution >= 4 is 5.71 Å². The Balaban J connectivity index is 1.85. The first kappa shape index (κ1) is 20.3. The van der Waals surface area contributed by atoms with Gasteiger partial charge < -0.3 is 5.11 Å². The predicted octanol–water partition coefficient (Wildman–Crippen LogP) is 5.87. The molecule has 0 heterocycles. The summed E-state index contributed by atoms with van der Waals surface area (Å²) < 4.78 is 0. The van der Waals surface area contributed by atoms with Gasteiger partial charge in [-0.05, 0) is 23.3 Å². The number of aliphatic hydroxyl groups is 1. The number of nitrogens with zero attached hydrogens (tertiary/aromatic N) is 2. The summed E-state index contributed by atoms with van der Waals surface area (Å²) in [6.45, 7) is 0. The van der Waals surface area contributed by atoms with Crippen molar-refractivity contribution < 1.29 is 5.11 Å². The van der Waals surface area contributed by atoms with E-state index < -0.39 is 12.1 Å². The Morgan fingerprint density at radius 1 is 0.645 bits per heavy atom. The second-order valence-corrected chi connectivity index (χ2v) is 7.24. The van der Waals surface area contributed by atoms with Crippen LogP contribution in [0.3, 0.4) is 0 Å². The monoisotopic (exact) mass is 402 g/mol. The van der Waals surface area contributed by atoms with Crippen molar-refractivity contribution in [3.63, 3.8) is 0 Å². The Bertz CT molecular complexity index is 1140. The van der Waals surface area contributed by atoms with E-state index in [4.69, 9.17) is 10.3 Å². The summed E-state index contributed by atoms with van der Waals surface area (Å²) in [5, 5.41) is 20.4. The Hall–Kier alpha value is -4.00. The van der Waals surface area contributed by atoms with Crippen LogP contribution in [0.2, 0.25) is 0 Å². The zero-order valence-electron chi connectivity index (χ0n) is 17.0. The van der Waals surface area contributed by atoms with Crippen molar-refractivity contribution in [1.29, 1.82) is 5.26 Å². The molecule has 0 saturated carbocycles. The van der Waals surface area contributed by atoms with Crippen LogP contribution in [0.25, 0.3) is 0 Å². The van der Waals surface area contributed by atoms with Gasteiger partial charge in [-0.15, -0.1) is 0 Å².